The molecule has 1 unspecified atom stereocenters. The van der Waals surface area contributed by atoms with E-state index in [1.165, 1.54) is 0 Å². The van der Waals surface area contributed by atoms with E-state index in [4.69, 9.17) is 11.6 Å². The summed E-state index contributed by atoms with van der Waals surface area (Å²) in [6, 6.07) is 19.6. The molecule has 0 amide bonds. The maximum absolute atomic E-state index is 13.1. The molecule has 0 fully saturated rings. The molecule has 0 bridgehead atoms. The van der Waals surface area contributed by atoms with Gasteiger partial charge in [0.1, 0.15) is 0 Å². The number of rotatable bonds is 7. The molecular weight excluding hydrogens is 464 g/mol. The minimum Gasteiger partial charge on any atom is -0.294 e. The first-order chi connectivity index (χ1) is 15.3. The van der Waals surface area contributed by atoms with Gasteiger partial charge in [0.2, 0.25) is 10.0 Å². The van der Waals surface area contributed by atoms with E-state index in [2.05, 4.69) is 4.72 Å². The maximum atomic E-state index is 13.1. The van der Waals surface area contributed by atoms with Crippen LogP contribution in [0, 0.1) is 6.92 Å². The van der Waals surface area contributed by atoms with Crippen molar-refractivity contribution in [2.45, 2.75) is 37.8 Å². The highest BCUT2D eigenvalue weighted by atomic mass is 35.5. The SMILES string of the molecule is CCC(NS(=O)(=O)c1ccc2c(c1)sc(=O)n2Cc1ccccc1Cl)c1ccccc1C. The van der Waals surface area contributed by atoms with E-state index in [9.17, 15) is 13.2 Å². The van der Waals surface area contributed by atoms with Crippen LogP contribution in [0.3, 0.4) is 0 Å². The lowest BCUT2D eigenvalue weighted by Crippen LogP contribution is -2.28. The highest BCUT2D eigenvalue weighted by Crippen LogP contribution is 2.27. The molecule has 4 aromatic rings. The Morgan fingerprint density at radius 3 is 2.50 bits per heavy atom. The fraction of sp³-hybridized carbons (Fsp3) is 0.208. The van der Waals surface area contributed by atoms with Crippen LogP contribution in [0.2, 0.25) is 5.02 Å². The molecule has 1 atom stereocenters. The molecule has 1 N–H and O–H groups in total. The zero-order chi connectivity index (χ0) is 22.9. The van der Waals surface area contributed by atoms with Crippen LogP contribution < -0.4 is 9.60 Å². The molecule has 0 saturated carbocycles. The van der Waals surface area contributed by atoms with E-state index < -0.39 is 10.0 Å². The Labute approximate surface area is 196 Å². The summed E-state index contributed by atoms with van der Waals surface area (Å²) in [7, 11) is -3.77. The van der Waals surface area contributed by atoms with Crippen LogP contribution in [0.1, 0.15) is 36.1 Å². The van der Waals surface area contributed by atoms with Crippen LogP contribution in [0.4, 0.5) is 0 Å². The van der Waals surface area contributed by atoms with Crippen LogP contribution in [-0.2, 0) is 16.6 Å². The smallest absolute Gasteiger partial charge is 0.294 e. The number of halogens is 1. The van der Waals surface area contributed by atoms with E-state index >= 15 is 0 Å². The minimum atomic E-state index is -3.77. The summed E-state index contributed by atoms with van der Waals surface area (Å²) in [6.07, 6.45) is 0.619. The number of aromatic nitrogens is 1. The summed E-state index contributed by atoms with van der Waals surface area (Å²) < 4.78 is 31.4. The van der Waals surface area contributed by atoms with Crippen LogP contribution in [0.15, 0.2) is 76.4 Å². The lowest BCUT2D eigenvalue weighted by atomic mass is 10.0. The lowest BCUT2D eigenvalue weighted by molar-refractivity contribution is 0.549. The Morgan fingerprint density at radius 1 is 1.06 bits per heavy atom. The van der Waals surface area contributed by atoms with Gasteiger partial charge in [-0.05, 0) is 54.3 Å². The Bertz CT molecular complexity index is 1440. The second-order valence-corrected chi connectivity index (χ2v) is 10.7. The molecule has 0 aliphatic carbocycles. The van der Waals surface area contributed by atoms with Gasteiger partial charge in [0.05, 0.1) is 21.7 Å². The Morgan fingerprint density at radius 2 is 1.78 bits per heavy atom. The van der Waals surface area contributed by atoms with Gasteiger partial charge in [0.25, 0.3) is 0 Å². The van der Waals surface area contributed by atoms with Gasteiger partial charge in [-0.3, -0.25) is 9.36 Å². The Hall–Kier alpha value is -2.45. The zero-order valence-corrected chi connectivity index (χ0v) is 20.1. The molecule has 166 valence electrons. The highest BCUT2D eigenvalue weighted by molar-refractivity contribution is 7.89. The van der Waals surface area contributed by atoms with Gasteiger partial charge < -0.3 is 0 Å². The highest BCUT2D eigenvalue weighted by Gasteiger charge is 2.22. The number of hydrogen-bond donors (Lipinski definition) is 1. The van der Waals surface area contributed by atoms with Gasteiger partial charge in [-0.2, -0.15) is 0 Å². The van der Waals surface area contributed by atoms with Crippen molar-refractivity contribution < 1.29 is 8.42 Å². The van der Waals surface area contributed by atoms with Crippen molar-refractivity contribution in [1.82, 2.24) is 9.29 Å². The second-order valence-electron chi connectivity index (χ2n) is 7.61. The number of nitrogens with one attached hydrogen (secondary N) is 1. The first kappa shape index (κ1) is 22.7. The van der Waals surface area contributed by atoms with Gasteiger partial charge in [-0.15, -0.1) is 0 Å². The molecule has 32 heavy (non-hydrogen) atoms. The summed E-state index contributed by atoms with van der Waals surface area (Å²) in [4.78, 5) is 12.6. The largest absolute Gasteiger partial charge is 0.308 e. The first-order valence-corrected chi connectivity index (χ1v) is 12.9. The molecule has 1 heterocycles. The number of nitrogens with zero attached hydrogens (tertiary/aromatic N) is 1. The number of thiazole rings is 1. The van der Waals surface area contributed by atoms with Crippen molar-refractivity contribution in [2.24, 2.45) is 0 Å². The molecular formula is C24H23ClN2O3S2. The second kappa shape index (κ2) is 9.19. The fourth-order valence-electron chi connectivity index (χ4n) is 3.76. The summed E-state index contributed by atoms with van der Waals surface area (Å²) >= 11 is 7.28. The number of fused-ring (bicyclic) bond motifs is 1. The number of aryl methyl sites for hydroxylation is 1. The Balaban J connectivity index is 1.67. The summed E-state index contributed by atoms with van der Waals surface area (Å²) in [5, 5.41) is 0.587. The normalized spacial score (nSPS) is 12.8. The van der Waals surface area contributed by atoms with E-state index in [0.717, 1.165) is 28.0 Å². The predicted octanol–water partition coefficient (Wildman–Crippen LogP) is 5.50. The zero-order valence-electron chi connectivity index (χ0n) is 17.7. The van der Waals surface area contributed by atoms with Gasteiger partial charge in [0.15, 0.2) is 0 Å². The minimum absolute atomic E-state index is 0.142. The molecule has 4 rings (SSSR count). The van der Waals surface area contributed by atoms with Crippen molar-refractivity contribution in [3.8, 4) is 0 Å². The van der Waals surface area contributed by atoms with Crippen molar-refractivity contribution >= 4 is 43.2 Å². The van der Waals surface area contributed by atoms with Crippen LogP contribution >= 0.6 is 22.9 Å². The molecule has 5 nitrogen and oxygen atoms in total. The average molecular weight is 487 g/mol. The molecule has 0 radical (unpaired) electrons. The molecule has 0 aliphatic rings. The van der Waals surface area contributed by atoms with E-state index in [-0.39, 0.29) is 15.8 Å². The summed E-state index contributed by atoms with van der Waals surface area (Å²) in [5.74, 6) is 0. The van der Waals surface area contributed by atoms with E-state index in [0.29, 0.717) is 28.2 Å². The third kappa shape index (κ3) is 4.52. The molecule has 1 aromatic heterocycles. The predicted molar refractivity (Wildman–Crippen MR) is 131 cm³/mol. The topological polar surface area (TPSA) is 68.2 Å². The summed E-state index contributed by atoms with van der Waals surface area (Å²) in [5.41, 5.74) is 3.51. The average Bonchev–Trinajstić information content (AvgIpc) is 3.08. The summed E-state index contributed by atoms with van der Waals surface area (Å²) in [6.45, 7) is 4.25. The molecule has 3 aromatic carbocycles. The standard InChI is InChI=1S/C24H23ClN2O3S2/c1-3-21(19-10-6-4-8-16(19)2)26-32(29,30)18-12-13-22-23(14-18)31-24(28)27(22)15-17-9-5-7-11-20(17)25/h4-14,21,26H,3,15H2,1-2H3. The van der Waals surface area contributed by atoms with Gasteiger partial charge in [0, 0.05) is 11.1 Å². The van der Waals surface area contributed by atoms with Gasteiger partial charge >= 0.3 is 4.87 Å². The van der Waals surface area contributed by atoms with Crippen LogP contribution in [-0.4, -0.2) is 13.0 Å². The van der Waals surface area contributed by atoms with Gasteiger partial charge in [-0.25, -0.2) is 13.1 Å². The Kier molecular flexibility index (Phi) is 6.53. The number of hydrogen-bond acceptors (Lipinski definition) is 4. The third-order valence-electron chi connectivity index (χ3n) is 5.51. The van der Waals surface area contributed by atoms with Crippen molar-refractivity contribution in [2.75, 3.05) is 0 Å². The third-order valence-corrected chi connectivity index (χ3v) is 8.29. The quantitative estimate of drug-likeness (QED) is 0.375. The van der Waals surface area contributed by atoms with Crippen molar-refractivity contribution in [3.63, 3.8) is 0 Å². The van der Waals surface area contributed by atoms with Crippen molar-refractivity contribution in [1.29, 1.82) is 0 Å². The number of benzene rings is 3. The van der Waals surface area contributed by atoms with Gasteiger partial charge in [-0.1, -0.05) is 72.3 Å². The van der Waals surface area contributed by atoms with Crippen molar-refractivity contribution in [3.05, 3.63) is 98.1 Å². The maximum Gasteiger partial charge on any atom is 0.308 e. The lowest BCUT2D eigenvalue weighted by Gasteiger charge is -2.19. The molecule has 8 heteroatoms. The van der Waals surface area contributed by atoms with Crippen LogP contribution in [0.25, 0.3) is 10.2 Å². The molecule has 0 spiro atoms. The van der Waals surface area contributed by atoms with Crippen LogP contribution in [0.5, 0.6) is 0 Å². The number of sulfonamides is 1. The van der Waals surface area contributed by atoms with E-state index in [1.807, 2.05) is 56.3 Å². The first-order valence-electron chi connectivity index (χ1n) is 10.2. The fourth-order valence-corrected chi connectivity index (χ4v) is 6.28. The molecule has 0 aliphatic heterocycles. The molecule has 0 saturated heterocycles. The van der Waals surface area contributed by atoms with E-state index in [1.54, 1.807) is 28.8 Å². The monoisotopic (exact) mass is 486 g/mol.